The van der Waals surface area contributed by atoms with Crippen molar-refractivity contribution in [3.8, 4) is 0 Å². The molecule has 1 aliphatic rings. The van der Waals surface area contributed by atoms with Crippen molar-refractivity contribution in [3.05, 3.63) is 0 Å². The highest BCUT2D eigenvalue weighted by Gasteiger charge is 2.37. The van der Waals surface area contributed by atoms with Gasteiger partial charge in [-0.25, -0.2) is 0 Å². The molecule has 0 amide bonds. The van der Waals surface area contributed by atoms with E-state index in [0.717, 1.165) is 6.42 Å². The van der Waals surface area contributed by atoms with E-state index in [1.807, 2.05) is 6.92 Å². The van der Waals surface area contributed by atoms with Crippen molar-refractivity contribution < 1.29 is 19.7 Å². The quantitative estimate of drug-likeness (QED) is 0.675. The van der Waals surface area contributed by atoms with Crippen molar-refractivity contribution >= 4 is 0 Å². The van der Waals surface area contributed by atoms with Crippen LogP contribution >= 0.6 is 0 Å². The molecule has 0 aliphatic carbocycles. The zero-order valence-electron chi connectivity index (χ0n) is 12.5. The molecule has 1 rings (SSSR count). The first-order valence-corrected chi connectivity index (χ1v) is 7.65. The maximum Gasteiger partial charge on any atom is 0.112 e. The molecule has 0 aromatic heterocycles. The Kier molecular flexibility index (Phi) is 7.91. The second-order valence-electron chi connectivity index (χ2n) is 5.79. The van der Waals surface area contributed by atoms with Gasteiger partial charge in [-0.2, -0.15) is 0 Å². The molecule has 5 unspecified atom stereocenters. The minimum Gasteiger partial charge on any atom is -0.390 e. The fourth-order valence-corrected chi connectivity index (χ4v) is 2.47. The number of hydrogen-bond acceptors (Lipinski definition) is 4. The van der Waals surface area contributed by atoms with E-state index in [-0.39, 0.29) is 12.5 Å². The molecular formula is C15H30O4. The largest absolute Gasteiger partial charge is 0.390 e. The van der Waals surface area contributed by atoms with Gasteiger partial charge in [0.25, 0.3) is 0 Å². The zero-order chi connectivity index (χ0) is 14.3. The third-order valence-corrected chi connectivity index (χ3v) is 4.04. The van der Waals surface area contributed by atoms with Gasteiger partial charge in [-0.15, -0.1) is 0 Å². The summed E-state index contributed by atoms with van der Waals surface area (Å²) in [7, 11) is 0. The normalized spacial score (nSPS) is 30.5. The van der Waals surface area contributed by atoms with Crippen LogP contribution in [0, 0.1) is 11.8 Å². The van der Waals surface area contributed by atoms with Crippen LogP contribution < -0.4 is 0 Å². The van der Waals surface area contributed by atoms with Crippen molar-refractivity contribution in [2.45, 2.75) is 64.8 Å². The second kappa shape index (κ2) is 8.90. The summed E-state index contributed by atoms with van der Waals surface area (Å²) in [5, 5.41) is 19.8. The lowest BCUT2D eigenvalue weighted by Gasteiger charge is -2.22. The smallest absolute Gasteiger partial charge is 0.112 e. The SMILES string of the molecule is CCCCC(CC)COCC(O)C1OCC(C)C1O. The predicted octanol–water partition coefficient (Wildman–Crippen LogP) is 1.98. The highest BCUT2D eigenvalue weighted by Crippen LogP contribution is 2.22. The molecule has 19 heavy (non-hydrogen) atoms. The van der Waals surface area contributed by atoms with Crippen LogP contribution in [0.2, 0.25) is 0 Å². The van der Waals surface area contributed by atoms with Gasteiger partial charge in [-0.1, -0.05) is 40.0 Å². The summed E-state index contributed by atoms with van der Waals surface area (Å²) >= 11 is 0. The van der Waals surface area contributed by atoms with E-state index in [9.17, 15) is 10.2 Å². The highest BCUT2D eigenvalue weighted by atomic mass is 16.5. The van der Waals surface area contributed by atoms with Crippen LogP contribution in [0.25, 0.3) is 0 Å². The predicted molar refractivity (Wildman–Crippen MR) is 75.0 cm³/mol. The molecule has 1 fully saturated rings. The van der Waals surface area contributed by atoms with Crippen LogP contribution in [-0.2, 0) is 9.47 Å². The van der Waals surface area contributed by atoms with E-state index in [1.165, 1.54) is 19.3 Å². The van der Waals surface area contributed by atoms with Crippen molar-refractivity contribution in [2.75, 3.05) is 19.8 Å². The van der Waals surface area contributed by atoms with Gasteiger partial charge in [0.15, 0.2) is 0 Å². The Balaban J connectivity index is 2.20. The monoisotopic (exact) mass is 274 g/mol. The minimum absolute atomic E-state index is 0.0904. The van der Waals surface area contributed by atoms with Crippen molar-refractivity contribution in [2.24, 2.45) is 11.8 Å². The first-order chi connectivity index (χ1) is 9.10. The van der Waals surface area contributed by atoms with E-state index >= 15 is 0 Å². The first-order valence-electron chi connectivity index (χ1n) is 7.65. The summed E-state index contributed by atoms with van der Waals surface area (Å²) in [5.74, 6) is 0.660. The van der Waals surface area contributed by atoms with Gasteiger partial charge < -0.3 is 19.7 Å². The number of hydrogen-bond donors (Lipinski definition) is 2. The molecular weight excluding hydrogens is 244 g/mol. The zero-order valence-corrected chi connectivity index (χ0v) is 12.5. The molecule has 0 aromatic rings. The van der Waals surface area contributed by atoms with E-state index in [0.29, 0.717) is 19.1 Å². The molecule has 0 spiro atoms. The van der Waals surface area contributed by atoms with Gasteiger partial charge in [0, 0.05) is 12.5 Å². The number of aliphatic hydroxyl groups is 2. The Morgan fingerprint density at radius 1 is 1.32 bits per heavy atom. The van der Waals surface area contributed by atoms with Gasteiger partial charge in [-0.3, -0.25) is 0 Å². The Morgan fingerprint density at radius 2 is 2.05 bits per heavy atom. The molecule has 0 bridgehead atoms. The Morgan fingerprint density at radius 3 is 2.58 bits per heavy atom. The van der Waals surface area contributed by atoms with E-state index in [4.69, 9.17) is 9.47 Å². The standard InChI is InChI=1S/C15H30O4/c1-4-6-7-12(5-2)9-18-10-13(16)15-14(17)11(3)8-19-15/h11-17H,4-10H2,1-3H3. The molecule has 1 heterocycles. The average Bonchev–Trinajstić information content (AvgIpc) is 2.74. The summed E-state index contributed by atoms with van der Waals surface area (Å²) < 4.78 is 11.0. The fourth-order valence-electron chi connectivity index (χ4n) is 2.47. The number of ether oxygens (including phenoxy) is 2. The highest BCUT2D eigenvalue weighted by molar-refractivity contribution is 4.85. The maximum absolute atomic E-state index is 9.99. The van der Waals surface area contributed by atoms with Crippen LogP contribution in [0.4, 0.5) is 0 Å². The van der Waals surface area contributed by atoms with Gasteiger partial charge in [-0.05, 0) is 12.3 Å². The summed E-state index contributed by atoms with van der Waals surface area (Å²) in [6.07, 6.45) is 2.92. The lowest BCUT2D eigenvalue weighted by Crippen LogP contribution is -2.39. The Labute approximate surface area is 117 Å². The van der Waals surface area contributed by atoms with Crippen LogP contribution in [0.1, 0.15) is 46.5 Å². The van der Waals surface area contributed by atoms with Gasteiger partial charge in [0.05, 0.1) is 19.3 Å². The Hall–Kier alpha value is -0.160. The molecule has 0 radical (unpaired) electrons. The van der Waals surface area contributed by atoms with Crippen LogP contribution in [0.3, 0.4) is 0 Å². The minimum atomic E-state index is -0.733. The average molecular weight is 274 g/mol. The molecule has 4 heteroatoms. The van der Waals surface area contributed by atoms with Crippen LogP contribution in [0.15, 0.2) is 0 Å². The third kappa shape index (κ3) is 5.38. The van der Waals surface area contributed by atoms with E-state index in [2.05, 4.69) is 13.8 Å². The number of aliphatic hydroxyl groups excluding tert-OH is 2. The first kappa shape index (κ1) is 16.9. The van der Waals surface area contributed by atoms with Crippen molar-refractivity contribution in [1.82, 2.24) is 0 Å². The Bertz CT molecular complexity index is 234. The number of rotatable bonds is 9. The van der Waals surface area contributed by atoms with Crippen molar-refractivity contribution in [1.29, 1.82) is 0 Å². The third-order valence-electron chi connectivity index (χ3n) is 4.04. The summed E-state index contributed by atoms with van der Waals surface area (Å²) in [5.41, 5.74) is 0. The lowest BCUT2D eigenvalue weighted by atomic mass is 10.00. The van der Waals surface area contributed by atoms with Crippen LogP contribution in [0.5, 0.6) is 0 Å². The molecule has 4 nitrogen and oxygen atoms in total. The van der Waals surface area contributed by atoms with Gasteiger partial charge in [0.1, 0.15) is 12.2 Å². The molecule has 2 N–H and O–H groups in total. The number of unbranched alkanes of at least 4 members (excludes halogenated alkanes) is 1. The molecule has 1 saturated heterocycles. The van der Waals surface area contributed by atoms with Crippen molar-refractivity contribution in [3.63, 3.8) is 0 Å². The summed E-state index contributed by atoms with van der Waals surface area (Å²) in [6, 6.07) is 0. The molecule has 1 aliphatic heterocycles. The summed E-state index contributed by atoms with van der Waals surface area (Å²) in [6.45, 7) is 7.74. The molecule has 0 aromatic carbocycles. The fraction of sp³-hybridized carbons (Fsp3) is 1.00. The van der Waals surface area contributed by atoms with E-state index in [1.54, 1.807) is 0 Å². The maximum atomic E-state index is 9.99. The summed E-state index contributed by atoms with van der Waals surface area (Å²) in [4.78, 5) is 0. The van der Waals surface area contributed by atoms with Gasteiger partial charge in [0.2, 0.25) is 0 Å². The molecule has 5 atom stereocenters. The lowest BCUT2D eigenvalue weighted by molar-refractivity contribution is -0.0826. The second-order valence-corrected chi connectivity index (χ2v) is 5.79. The van der Waals surface area contributed by atoms with Crippen LogP contribution in [-0.4, -0.2) is 48.3 Å². The topological polar surface area (TPSA) is 58.9 Å². The van der Waals surface area contributed by atoms with E-state index < -0.39 is 18.3 Å². The molecule has 0 saturated carbocycles. The van der Waals surface area contributed by atoms with Gasteiger partial charge >= 0.3 is 0 Å². The molecule has 114 valence electrons.